The lowest BCUT2D eigenvalue weighted by Gasteiger charge is -2.10. The number of aromatic nitrogens is 3. The Morgan fingerprint density at radius 3 is 1.22 bits per heavy atom. The second-order valence-corrected chi connectivity index (χ2v) is 17.5. The van der Waals surface area contributed by atoms with E-state index in [2.05, 4.69) is 40.7 Å². The van der Waals surface area contributed by atoms with Crippen LogP contribution < -0.4 is 5.73 Å². The molecule has 0 unspecified atom stereocenters. The van der Waals surface area contributed by atoms with E-state index < -0.39 is 0 Å². The Morgan fingerprint density at radius 2 is 0.820 bits per heavy atom. The molecule has 2 rings (SSSR count). The third-order valence-corrected chi connectivity index (χ3v) is 12.7. The van der Waals surface area contributed by atoms with Crippen molar-refractivity contribution in [2.24, 2.45) is 0 Å². The molecular formula is C44H80N4S2. The summed E-state index contributed by atoms with van der Waals surface area (Å²) in [6.07, 6.45) is 45.1. The van der Waals surface area contributed by atoms with Crippen molar-refractivity contribution in [3.63, 3.8) is 0 Å². The monoisotopic (exact) mass is 729 g/mol. The molecule has 0 aliphatic heterocycles. The van der Waals surface area contributed by atoms with Crippen molar-refractivity contribution in [1.82, 2.24) is 14.8 Å². The number of nitrogens with two attached hydrogens (primary N) is 1. The van der Waals surface area contributed by atoms with Crippen molar-refractivity contribution in [2.75, 3.05) is 11.5 Å². The standard InChI is InChI=1S/C44H80N4S2/c1-3-5-7-9-11-13-15-17-19-21-23-25-27-29-31-33-39-48-43(41-35-37-42(45)38-36-41)46-47-44(48)50-49-40-34-32-30-28-26-24-22-20-18-16-14-12-10-8-6-4-2/h35-38H,3-34,39-40,45H2,1-2H3. The van der Waals surface area contributed by atoms with Gasteiger partial charge in [-0.25, -0.2) is 0 Å². The fraction of sp³-hybridized carbons (Fsp3) is 0.818. The molecular weight excluding hydrogens is 649 g/mol. The van der Waals surface area contributed by atoms with E-state index in [-0.39, 0.29) is 0 Å². The zero-order valence-corrected chi connectivity index (χ0v) is 34.7. The molecule has 1 aromatic carbocycles. The molecule has 0 atom stereocenters. The fourth-order valence-corrected chi connectivity index (χ4v) is 9.16. The molecule has 50 heavy (non-hydrogen) atoms. The highest BCUT2D eigenvalue weighted by atomic mass is 33.1. The van der Waals surface area contributed by atoms with Crippen LogP contribution in [0.2, 0.25) is 0 Å². The highest BCUT2D eigenvalue weighted by molar-refractivity contribution is 8.76. The van der Waals surface area contributed by atoms with E-state index >= 15 is 0 Å². The second-order valence-electron chi connectivity index (χ2n) is 15.1. The van der Waals surface area contributed by atoms with Gasteiger partial charge < -0.3 is 10.3 Å². The molecule has 288 valence electrons. The minimum absolute atomic E-state index is 0.793. The molecule has 2 aromatic rings. The summed E-state index contributed by atoms with van der Waals surface area (Å²) in [6.45, 7) is 5.60. The lowest BCUT2D eigenvalue weighted by atomic mass is 10.0. The quantitative estimate of drug-likeness (QED) is 0.0426. The molecule has 1 heterocycles. The lowest BCUT2D eigenvalue weighted by Crippen LogP contribution is -2.03. The van der Waals surface area contributed by atoms with Crippen molar-refractivity contribution in [3.05, 3.63) is 24.3 Å². The van der Waals surface area contributed by atoms with Crippen molar-refractivity contribution in [1.29, 1.82) is 0 Å². The second kappa shape index (κ2) is 33.7. The SMILES string of the molecule is CCCCCCCCCCCCCCCCCCSSc1nnc(-c2ccc(N)cc2)n1CCCCCCCCCCCCCCCCCC. The average Bonchev–Trinajstić information content (AvgIpc) is 3.53. The number of unbranched alkanes of at least 4 members (excludes halogenated alkanes) is 30. The molecule has 0 spiro atoms. The summed E-state index contributed by atoms with van der Waals surface area (Å²) in [5.41, 5.74) is 7.88. The van der Waals surface area contributed by atoms with Gasteiger partial charge in [0.05, 0.1) is 0 Å². The van der Waals surface area contributed by atoms with Crippen LogP contribution in [0.15, 0.2) is 29.4 Å². The maximum atomic E-state index is 5.98. The number of rotatable bonds is 37. The largest absolute Gasteiger partial charge is 0.399 e. The number of hydrogen-bond donors (Lipinski definition) is 1. The van der Waals surface area contributed by atoms with E-state index in [0.29, 0.717) is 0 Å². The minimum atomic E-state index is 0.793. The van der Waals surface area contributed by atoms with Crippen molar-refractivity contribution < 1.29 is 0 Å². The van der Waals surface area contributed by atoms with Gasteiger partial charge in [-0.15, -0.1) is 10.2 Å². The summed E-state index contributed by atoms with van der Waals surface area (Å²) >= 11 is 0. The van der Waals surface area contributed by atoms with Gasteiger partial charge >= 0.3 is 0 Å². The van der Waals surface area contributed by atoms with E-state index in [1.54, 1.807) is 0 Å². The summed E-state index contributed by atoms with van der Waals surface area (Å²) in [6, 6.07) is 8.12. The van der Waals surface area contributed by atoms with Gasteiger partial charge in [0.25, 0.3) is 0 Å². The molecule has 0 saturated carbocycles. The van der Waals surface area contributed by atoms with Crippen molar-refractivity contribution >= 4 is 27.3 Å². The third-order valence-electron chi connectivity index (χ3n) is 10.3. The van der Waals surface area contributed by atoms with Crippen LogP contribution in [-0.4, -0.2) is 20.5 Å². The van der Waals surface area contributed by atoms with Crippen LogP contribution in [0.25, 0.3) is 11.4 Å². The fourth-order valence-electron chi connectivity index (χ4n) is 7.02. The lowest BCUT2D eigenvalue weighted by molar-refractivity contribution is 0.515. The Hall–Kier alpha value is -1.14. The van der Waals surface area contributed by atoms with Crippen LogP contribution in [-0.2, 0) is 6.54 Å². The summed E-state index contributed by atoms with van der Waals surface area (Å²) in [7, 11) is 3.78. The van der Waals surface area contributed by atoms with Gasteiger partial charge in [-0.3, -0.25) is 0 Å². The molecule has 0 saturated heterocycles. The topological polar surface area (TPSA) is 56.7 Å². The summed E-state index contributed by atoms with van der Waals surface area (Å²) in [5, 5.41) is 10.3. The van der Waals surface area contributed by atoms with Crippen LogP contribution in [0.1, 0.15) is 219 Å². The Kier molecular flexibility index (Phi) is 30.3. The highest BCUT2D eigenvalue weighted by Crippen LogP contribution is 2.33. The zero-order valence-electron chi connectivity index (χ0n) is 33.1. The molecule has 0 amide bonds. The van der Waals surface area contributed by atoms with E-state index in [4.69, 9.17) is 5.73 Å². The predicted molar refractivity (Wildman–Crippen MR) is 227 cm³/mol. The normalized spacial score (nSPS) is 11.6. The van der Waals surface area contributed by atoms with Gasteiger partial charge in [0, 0.05) is 23.5 Å². The van der Waals surface area contributed by atoms with Crippen molar-refractivity contribution in [3.8, 4) is 11.4 Å². The first-order valence-corrected chi connectivity index (χ1v) is 24.2. The Labute approximate surface area is 318 Å². The molecule has 4 nitrogen and oxygen atoms in total. The van der Waals surface area contributed by atoms with E-state index in [1.807, 2.05) is 33.7 Å². The summed E-state index contributed by atoms with van der Waals surface area (Å²) < 4.78 is 2.36. The number of hydrogen-bond acceptors (Lipinski definition) is 5. The maximum Gasteiger partial charge on any atom is 0.202 e. The van der Waals surface area contributed by atoms with Gasteiger partial charge in [0.15, 0.2) is 5.82 Å². The Morgan fingerprint density at radius 1 is 0.460 bits per heavy atom. The summed E-state index contributed by atoms with van der Waals surface area (Å²) in [5.74, 6) is 2.17. The van der Waals surface area contributed by atoms with Gasteiger partial charge in [0.1, 0.15) is 0 Å². The minimum Gasteiger partial charge on any atom is -0.399 e. The molecule has 0 bridgehead atoms. The van der Waals surface area contributed by atoms with Gasteiger partial charge in [0.2, 0.25) is 5.16 Å². The first kappa shape index (κ1) is 45.0. The first-order valence-electron chi connectivity index (χ1n) is 21.8. The van der Waals surface area contributed by atoms with Gasteiger partial charge in [-0.1, -0.05) is 217 Å². The Balaban J connectivity index is 1.53. The summed E-state index contributed by atoms with van der Waals surface area (Å²) in [4.78, 5) is 0. The van der Waals surface area contributed by atoms with Crippen LogP contribution in [0, 0.1) is 0 Å². The molecule has 2 N–H and O–H groups in total. The van der Waals surface area contributed by atoms with Crippen molar-refractivity contribution in [2.45, 2.75) is 231 Å². The number of nitrogen functional groups attached to an aromatic ring is 1. The molecule has 0 fully saturated rings. The van der Waals surface area contributed by atoms with E-state index in [0.717, 1.165) is 28.8 Å². The average molecular weight is 729 g/mol. The molecule has 1 aromatic heterocycles. The smallest absolute Gasteiger partial charge is 0.202 e. The molecule has 0 aliphatic rings. The van der Waals surface area contributed by atoms with Crippen LogP contribution in [0.5, 0.6) is 0 Å². The van der Waals surface area contributed by atoms with Crippen LogP contribution in [0.3, 0.4) is 0 Å². The third kappa shape index (κ3) is 24.2. The van der Waals surface area contributed by atoms with Crippen LogP contribution >= 0.6 is 21.6 Å². The number of anilines is 1. The molecule has 6 heteroatoms. The van der Waals surface area contributed by atoms with Gasteiger partial charge in [-0.2, -0.15) is 0 Å². The highest BCUT2D eigenvalue weighted by Gasteiger charge is 2.14. The van der Waals surface area contributed by atoms with Crippen LogP contribution in [0.4, 0.5) is 5.69 Å². The van der Waals surface area contributed by atoms with Gasteiger partial charge in [-0.05, 0) is 47.9 Å². The predicted octanol–water partition coefficient (Wildman–Crippen LogP) is 15.8. The van der Waals surface area contributed by atoms with E-state index in [1.165, 1.54) is 211 Å². The molecule has 0 aliphatic carbocycles. The number of nitrogens with zero attached hydrogens (tertiary/aromatic N) is 3. The Bertz CT molecular complexity index is 992. The molecule has 0 radical (unpaired) electrons. The zero-order chi connectivity index (χ0) is 35.6. The number of benzene rings is 1. The van der Waals surface area contributed by atoms with E-state index in [9.17, 15) is 0 Å². The first-order chi connectivity index (χ1) is 24.8. The maximum absolute atomic E-state index is 5.98.